The summed E-state index contributed by atoms with van der Waals surface area (Å²) in [4.78, 5) is 23.1. The molecule has 0 aromatic carbocycles. The van der Waals surface area contributed by atoms with Gasteiger partial charge in [-0.05, 0) is 53.9 Å². The van der Waals surface area contributed by atoms with Gasteiger partial charge in [0, 0.05) is 12.1 Å². The van der Waals surface area contributed by atoms with Crippen LogP contribution in [0.1, 0.15) is 25.5 Å². The van der Waals surface area contributed by atoms with E-state index in [9.17, 15) is 9.59 Å². The predicted molar refractivity (Wildman–Crippen MR) is 72.2 cm³/mol. The van der Waals surface area contributed by atoms with Crippen molar-refractivity contribution in [3.8, 4) is 0 Å². The molecule has 1 amide bonds. The van der Waals surface area contributed by atoms with Gasteiger partial charge >= 0.3 is 5.97 Å². The molecule has 19 heavy (non-hydrogen) atoms. The van der Waals surface area contributed by atoms with Crippen LogP contribution < -0.4 is 5.32 Å². The number of esters is 1. The van der Waals surface area contributed by atoms with Crippen LogP contribution in [0.5, 0.6) is 0 Å². The van der Waals surface area contributed by atoms with E-state index in [1.165, 1.54) is 12.2 Å². The molecular formula is C13H14BrNO4. The van der Waals surface area contributed by atoms with Crippen LogP contribution in [-0.4, -0.2) is 24.0 Å². The van der Waals surface area contributed by atoms with Crippen molar-refractivity contribution in [3.63, 3.8) is 0 Å². The van der Waals surface area contributed by atoms with Crippen LogP contribution in [-0.2, 0) is 14.3 Å². The van der Waals surface area contributed by atoms with Gasteiger partial charge in [0.2, 0.25) is 0 Å². The molecule has 0 spiro atoms. The molecule has 1 aliphatic rings. The minimum atomic E-state index is -0.791. The summed E-state index contributed by atoms with van der Waals surface area (Å²) in [5.74, 6) is -0.310. The number of rotatable bonds is 5. The second kappa shape index (κ2) is 6.06. The summed E-state index contributed by atoms with van der Waals surface area (Å²) in [6, 6.07) is 3.68. The summed E-state index contributed by atoms with van der Waals surface area (Å²) in [6.45, 7) is 1.55. The summed E-state index contributed by atoms with van der Waals surface area (Å²) >= 11 is 3.16. The molecule has 1 saturated carbocycles. The maximum absolute atomic E-state index is 11.6. The van der Waals surface area contributed by atoms with Gasteiger partial charge in [-0.25, -0.2) is 4.79 Å². The third kappa shape index (κ3) is 4.55. The van der Waals surface area contributed by atoms with Crippen LogP contribution in [0, 0.1) is 0 Å². The van der Waals surface area contributed by atoms with Gasteiger partial charge in [-0.3, -0.25) is 4.79 Å². The molecule has 1 fully saturated rings. The number of halogens is 1. The van der Waals surface area contributed by atoms with E-state index < -0.39 is 12.1 Å². The maximum Gasteiger partial charge on any atom is 0.331 e. The largest absolute Gasteiger partial charge is 0.450 e. The van der Waals surface area contributed by atoms with Crippen LogP contribution in [0.3, 0.4) is 0 Å². The molecule has 1 aromatic heterocycles. The van der Waals surface area contributed by atoms with Gasteiger partial charge in [-0.1, -0.05) is 0 Å². The highest BCUT2D eigenvalue weighted by atomic mass is 79.9. The van der Waals surface area contributed by atoms with Gasteiger partial charge in [0.1, 0.15) is 5.76 Å². The number of hydrogen-bond donors (Lipinski definition) is 1. The van der Waals surface area contributed by atoms with Gasteiger partial charge in [-0.15, -0.1) is 0 Å². The van der Waals surface area contributed by atoms with E-state index in [0.29, 0.717) is 10.4 Å². The zero-order valence-corrected chi connectivity index (χ0v) is 12.0. The Labute approximate surface area is 119 Å². The number of carbonyl (C=O) groups excluding carboxylic acids is 2. The Balaban J connectivity index is 1.79. The van der Waals surface area contributed by atoms with Crippen molar-refractivity contribution >= 4 is 33.9 Å². The lowest BCUT2D eigenvalue weighted by Crippen LogP contribution is -2.36. The third-order valence-electron chi connectivity index (χ3n) is 2.56. The number of carbonyl (C=O) groups is 2. The summed E-state index contributed by atoms with van der Waals surface area (Å²) in [5.41, 5.74) is 0. The van der Waals surface area contributed by atoms with E-state index in [4.69, 9.17) is 9.15 Å². The van der Waals surface area contributed by atoms with E-state index in [1.807, 2.05) is 0 Å². The van der Waals surface area contributed by atoms with E-state index in [-0.39, 0.29) is 11.9 Å². The zero-order chi connectivity index (χ0) is 13.8. The molecule has 6 heteroatoms. The van der Waals surface area contributed by atoms with Crippen molar-refractivity contribution in [1.82, 2.24) is 5.32 Å². The van der Waals surface area contributed by atoms with E-state index in [1.54, 1.807) is 19.1 Å². The molecule has 0 bridgehead atoms. The Morgan fingerprint density at radius 3 is 2.84 bits per heavy atom. The Kier molecular flexibility index (Phi) is 4.42. The lowest BCUT2D eigenvalue weighted by Gasteiger charge is -2.11. The van der Waals surface area contributed by atoms with Crippen LogP contribution in [0.15, 0.2) is 27.3 Å². The van der Waals surface area contributed by atoms with Crippen molar-refractivity contribution < 1.29 is 18.7 Å². The quantitative estimate of drug-likeness (QED) is 0.665. The van der Waals surface area contributed by atoms with Gasteiger partial charge in [0.25, 0.3) is 5.91 Å². The standard InChI is InChI=1S/C13H14BrNO4/c1-8(13(17)15-9-2-3-9)18-12(16)7-5-10-4-6-11(14)19-10/h4-9H,2-3H2,1H3,(H,15,17)/b7-5+/t8-/m1/s1. The zero-order valence-electron chi connectivity index (χ0n) is 10.4. The first-order valence-electron chi connectivity index (χ1n) is 5.99. The highest BCUT2D eigenvalue weighted by Gasteiger charge is 2.26. The highest BCUT2D eigenvalue weighted by Crippen LogP contribution is 2.19. The Hall–Kier alpha value is -1.56. The second-order valence-electron chi connectivity index (χ2n) is 4.34. The summed E-state index contributed by atoms with van der Waals surface area (Å²) in [5, 5.41) is 2.77. The minimum Gasteiger partial charge on any atom is -0.450 e. The molecule has 1 atom stereocenters. The van der Waals surface area contributed by atoms with Gasteiger partial charge < -0.3 is 14.5 Å². The van der Waals surface area contributed by atoms with Crippen molar-refractivity contribution in [1.29, 1.82) is 0 Å². The smallest absolute Gasteiger partial charge is 0.331 e. The van der Waals surface area contributed by atoms with Gasteiger partial charge in [0.15, 0.2) is 10.8 Å². The molecule has 0 saturated heterocycles. The van der Waals surface area contributed by atoms with Crippen molar-refractivity contribution in [2.45, 2.75) is 31.9 Å². The third-order valence-corrected chi connectivity index (χ3v) is 2.99. The first-order chi connectivity index (χ1) is 9.04. The number of amides is 1. The monoisotopic (exact) mass is 327 g/mol. The topological polar surface area (TPSA) is 68.5 Å². The summed E-state index contributed by atoms with van der Waals surface area (Å²) < 4.78 is 10.7. The molecule has 5 nitrogen and oxygen atoms in total. The molecule has 1 aliphatic carbocycles. The molecule has 0 aliphatic heterocycles. The fourth-order valence-corrected chi connectivity index (χ4v) is 1.70. The SMILES string of the molecule is C[C@@H](OC(=O)/C=C/c1ccc(Br)o1)C(=O)NC1CC1. The van der Waals surface area contributed by atoms with Crippen LogP contribution in [0.2, 0.25) is 0 Å². The Bertz CT molecular complexity index is 504. The fraction of sp³-hybridized carbons (Fsp3) is 0.385. The highest BCUT2D eigenvalue weighted by molar-refractivity contribution is 9.10. The molecule has 2 rings (SSSR count). The summed E-state index contributed by atoms with van der Waals surface area (Å²) in [7, 11) is 0. The fourth-order valence-electron chi connectivity index (χ4n) is 1.38. The first-order valence-corrected chi connectivity index (χ1v) is 6.78. The lowest BCUT2D eigenvalue weighted by molar-refractivity contribution is -0.150. The number of ether oxygens (including phenoxy) is 1. The van der Waals surface area contributed by atoms with Crippen LogP contribution >= 0.6 is 15.9 Å². The van der Waals surface area contributed by atoms with E-state index in [0.717, 1.165) is 12.8 Å². The first kappa shape index (κ1) is 13.9. The molecular weight excluding hydrogens is 314 g/mol. The van der Waals surface area contributed by atoms with E-state index in [2.05, 4.69) is 21.2 Å². The normalized spacial score (nSPS) is 16.3. The van der Waals surface area contributed by atoms with Crippen LogP contribution in [0.4, 0.5) is 0 Å². The average Bonchev–Trinajstić information content (AvgIpc) is 3.07. The van der Waals surface area contributed by atoms with E-state index >= 15 is 0 Å². The molecule has 1 aromatic rings. The molecule has 0 radical (unpaired) electrons. The van der Waals surface area contributed by atoms with Gasteiger partial charge in [0.05, 0.1) is 0 Å². The molecule has 102 valence electrons. The lowest BCUT2D eigenvalue weighted by atomic mass is 10.3. The van der Waals surface area contributed by atoms with Gasteiger partial charge in [-0.2, -0.15) is 0 Å². The minimum absolute atomic E-state index is 0.254. The molecule has 1 heterocycles. The number of furan rings is 1. The molecule has 0 unspecified atom stereocenters. The Morgan fingerprint density at radius 1 is 1.53 bits per heavy atom. The summed E-state index contributed by atoms with van der Waals surface area (Å²) in [6.07, 6.45) is 3.92. The predicted octanol–water partition coefficient (Wildman–Crippen LogP) is 2.27. The van der Waals surface area contributed by atoms with Crippen molar-refractivity contribution in [2.24, 2.45) is 0 Å². The van der Waals surface area contributed by atoms with Crippen molar-refractivity contribution in [2.75, 3.05) is 0 Å². The van der Waals surface area contributed by atoms with Crippen LogP contribution in [0.25, 0.3) is 6.08 Å². The maximum atomic E-state index is 11.6. The number of hydrogen-bond acceptors (Lipinski definition) is 4. The average molecular weight is 328 g/mol. The number of nitrogens with one attached hydrogen (secondary N) is 1. The second-order valence-corrected chi connectivity index (χ2v) is 5.12. The molecule has 1 N–H and O–H groups in total. The van der Waals surface area contributed by atoms with Crippen molar-refractivity contribution in [3.05, 3.63) is 28.6 Å². The Morgan fingerprint density at radius 2 is 2.26 bits per heavy atom.